The number of allylic oxidation sites excluding steroid dienone is 1. The molecule has 4 rings (SSSR count). The Balaban J connectivity index is 1.42. The van der Waals surface area contributed by atoms with E-state index in [0.717, 1.165) is 26.1 Å². The maximum atomic E-state index is 12.7. The molecule has 6 nitrogen and oxygen atoms in total. The van der Waals surface area contributed by atoms with Gasteiger partial charge < -0.3 is 14.4 Å². The first-order chi connectivity index (χ1) is 13.4. The Bertz CT molecular complexity index is 655. The number of nitrogens with zero attached hydrogens (tertiary/aromatic N) is 2. The van der Waals surface area contributed by atoms with Crippen molar-refractivity contribution in [3.63, 3.8) is 0 Å². The smallest absolute Gasteiger partial charge is 0.409 e. The van der Waals surface area contributed by atoms with E-state index in [1.165, 1.54) is 19.3 Å². The Morgan fingerprint density at radius 3 is 2.79 bits per heavy atom. The number of carbonyl (C=O) groups excluding carboxylic acids is 2. The van der Waals surface area contributed by atoms with Crippen LogP contribution in [0.1, 0.15) is 46.5 Å². The molecule has 28 heavy (non-hydrogen) atoms. The van der Waals surface area contributed by atoms with Crippen LogP contribution in [0.15, 0.2) is 11.6 Å². The zero-order valence-electron chi connectivity index (χ0n) is 17.5. The maximum absolute atomic E-state index is 12.7. The van der Waals surface area contributed by atoms with Crippen LogP contribution >= 0.6 is 0 Å². The number of hydrogen-bond acceptors (Lipinski definition) is 5. The summed E-state index contributed by atoms with van der Waals surface area (Å²) < 4.78 is 11.0. The predicted molar refractivity (Wildman–Crippen MR) is 106 cm³/mol. The lowest BCUT2D eigenvalue weighted by atomic mass is 9.59. The van der Waals surface area contributed by atoms with Crippen LogP contribution in [0, 0.1) is 23.2 Å². The van der Waals surface area contributed by atoms with Gasteiger partial charge in [0.05, 0.1) is 12.5 Å². The van der Waals surface area contributed by atoms with Gasteiger partial charge in [-0.3, -0.25) is 9.69 Å². The van der Waals surface area contributed by atoms with Crippen molar-refractivity contribution >= 4 is 12.1 Å². The van der Waals surface area contributed by atoms with Crippen molar-refractivity contribution in [2.24, 2.45) is 23.2 Å². The van der Waals surface area contributed by atoms with Crippen LogP contribution in [0.2, 0.25) is 0 Å². The van der Waals surface area contributed by atoms with Crippen molar-refractivity contribution in [3.8, 4) is 0 Å². The number of rotatable bonds is 3. The minimum atomic E-state index is -0.231. The van der Waals surface area contributed by atoms with Gasteiger partial charge in [-0.05, 0) is 37.5 Å². The second kappa shape index (κ2) is 7.69. The topological polar surface area (TPSA) is 59.1 Å². The van der Waals surface area contributed by atoms with Crippen molar-refractivity contribution in [1.29, 1.82) is 0 Å². The van der Waals surface area contributed by atoms with Crippen molar-refractivity contribution in [3.05, 3.63) is 11.6 Å². The van der Waals surface area contributed by atoms with E-state index in [2.05, 4.69) is 24.8 Å². The lowest BCUT2D eigenvalue weighted by Crippen LogP contribution is -2.50. The second-order valence-electron chi connectivity index (χ2n) is 9.33. The number of ether oxygens (including phenoxy) is 2. The van der Waals surface area contributed by atoms with Crippen LogP contribution in [-0.2, 0) is 14.3 Å². The average Bonchev–Trinajstić information content (AvgIpc) is 2.95. The minimum Gasteiger partial charge on any atom is -0.461 e. The molecule has 0 bridgehead atoms. The van der Waals surface area contributed by atoms with Crippen LogP contribution in [-0.4, -0.2) is 67.3 Å². The molecule has 2 aliphatic carbocycles. The van der Waals surface area contributed by atoms with Gasteiger partial charge in [0.25, 0.3) is 0 Å². The van der Waals surface area contributed by atoms with Crippen LogP contribution in [0.25, 0.3) is 0 Å². The molecule has 156 valence electrons. The summed E-state index contributed by atoms with van der Waals surface area (Å²) in [5, 5.41) is 0. The Hall–Kier alpha value is -1.56. The molecule has 0 aromatic heterocycles. The lowest BCUT2D eigenvalue weighted by Gasteiger charge is -2.46. The molecule has 0 aromatic carbocycles. The number of carbonyl (C=O) groups is 2. The first kappa shape index (κ1) is 19.7. The standard InChI is InChI=1S/C22H34N2O4/c1-4-27-21(26)24-10-8-23(9-11-24)14-17-16-12-18-15(2)6-5-7-22(18,3)13-19(16)28-20(17)25/h12,15-17,19H,4-11,13-14H2,1-3H3/t15-,16+,17-,19+,22-/m0/s1. The zero-order valence-corrected chi connectivity index (χ0v) is 17.5. The molecular weight excluding hydrogens is 356 g/mol. The largest absolute Gasteiger partial charge is 0.461 e. The first-order valence-electron chi connectivity index (χ1n) is 11.0. The van der Waals surface area contributed by atoms with Gasteiger partial charge >= 0.3 is 12.1 Å². The number of hydrogen-bond donors (Lipinski definition) is 0. The molecule has 0 unspecified atom stereocenters. The molecule has 0 N–H and O–H groups in total. The summed E-state index contributed by atoms with van der Waals surface area (Å²) in [4.78, 5) is 28.7. The molecule has 3 fully saturated rings. The Kier molecular flexibility index (Phi) is 5.43. The highest BCUT2D eigenvalue weighted by Gasteiger charge is 2.52. The van der Waals surface area contributed by atoms with Crippen LogP contribution in [0.3, 0.4) is 0 Å². The number of piperazine rings is 1. The van der Waals surface area contributed by atoms with Crippen LogP contribution in [0.4, 0.5) is 4.79 Å². The summed E-state index contributed by atoms with van der Waals surface area (Å²) in [6, 6.07) is 0. The quantitative estimate of drug-likeness (QED) is 0.547. The van der Waals surface area contributed by atoms with E-state index in [0.29, 0.717) is 25.6 Å². The normalized spacial score (nSPS) is 38.3. The molecule has 0 spiro atoms. The highest BCUT2D eigenvalue weighted by atomic mass is 16.6. The van der Waals surface area contributed by atoms with Gasteiger partial charge in [-0.2, -0.15) is 0 Å². The van der Waals surface area contributed by atoms with Gasteiger partial charge in [0.2, 0.25) is 0 Å². The summed E-state index contributed by atoms with van der Waals surface area (Å²) in [7, 11) is 0. The summed E-state index contributed by atoms with van der Waals surface area (Å²) in [5.41, 5.74) is 1.77. The van der Waals surface area contributed by atoms with E-state index in [-0.39, 0.29) is 35.4 Å². The fourth-order valence-corrected chi connectivity index (χ4v) is 5.86. The van der Waals surface area contributed by atoms with E-state index in [1.54, 1.807) is 10.5 Å². The first-order valence-corrected chi connectivity index (χ1v) is 11.0. The zero-order chi connectivity index (χ0) is 19.9. The van der Waals surface area contributed by atoms with Gasteiger partial charge in [-0.1, -0.05) is 31.9 Å². The number of fused-ring (bicyclic) bond motifs is 2. The monoisotopic (exact) mass is 390 g/mol. The van der Waals surface area contributed by atoms with Gasteiger partial charge in [0.1, 0.15) is 6.10 Å². The number of esters is 1. The summed E-state index contributed by atoms with van der Waals surface area (Å²) in [6.07, 6.45) is 6.95. The third kappa shape index (κ3) is 3.56. The third-order valence-electron chi connectivity index (χ3n) is 7.43. The predicted octanol–water partition coefficient (Wildman–Crippen LogP) is 3.07. The van der Waals surface area contributed by atoms with E-state index < -0.39 is 0 Å². The van der Waals surface area contributed by atoms with E-state index in [4.69, 9.17) is 9.47 Å². The SMILES string of the molecule is CCOC(=O)N1CCN(C[C@@H]2C(=O)O[C@@H]3C[C@]4(C)CCC[C@H](C)C4=C[C@H]23)CC1. The van der Waals surface area contributed by atoms with Gasteiger partial charge in [0.15, 0.2) is 0 Å². The van der Waals surface area contributed by atoms with Crippen LogP contribution < -0.4 is 0 Å². The lowest BCUT2D eigenvalue weighted by molar-refractivity contribution is -0.145. The van der Waals surface area contributed by atoms with Crippen molar-refractivity contribution < 1.29 is 19.1 Å². The minimum absolute atomic E-state index is 0.0328. The molecule has 2 heterocycles. The van der Waals surface area contributed by atoms with Gasteiger partial charge in [0, 0.05) is 38.6 Å². The molecule has 0 aromatic rings. The Labute approximate surface area is 168 Å². The van der Waals surface area contributed by atoms with Crippen molar-refractivity contribution in [1.82, 2.24) is 9.80 Å². The average molecular weight is 391 g/mol. The molecular formula is C22H34N2O4. The highest BCUT2D eigenvalue weighted by molar-refractivity contribution is 5.76. The van der Waals surface area contributed by atoms with Gasteiger partial charge in [-0.15, -0.1) is 0 Å². The summed E-state index contributed by atoms with van der Waals surface area (Å²) in [5.74, 6) is 0.711. The Morgan fingerprint density at radius 1 is 1.32 bits per heavy atom. The van der Waals surface area contributed by atoms with E-state index >= 15 is 0 Å². The molecule has 2 saturated heterocycles. The van der Waals surface area contributed by atoms with Crippen molar-refractivity contribution in [2.45, 2.75) is 52.6 Å². The summed E-state index contributed by atoms with van der Waals surface area (Å²) >= 11 is 0. The fourth-order valence-electron chi connectivity index (χ4n) is 5.86. The fraction of sp³-hybridized carbons (Fsp3) is 0.818. The molecule has 0 radical (unpaired) electrons. The van der Waals surface area contributed by atoms with Gasteiger partial charge in [-0.25, -0.2) is 4.79 Å². The third-order valence-corrected chi connectivity index (χ3v) is 7.43. The van der Waals surface area contributed by atoms with E-state index in [1.807, 2.05) is 6.92 Å². The molecule has 4 aliphatic rings. The molecule has 1 amide bonds. The molecule has 2 aliphatic heterocycles. The molecule has 6 heteroatoms. The second-order valence-corrected chi connectivity index (χ2v) is 9.33. The Morgan fingerprint density at radius 2 is 2.07 bits per heavy atom. The summed E-state index contributed by atoms with van der Waals surface area (Å²) in [6.45, 7) is 10.5. The highest BCUT2D eigenvalue weighted by Crippen LogP contribution is 2.53. The number of amides is 1. The maximum Gasteiger partial charge on any atom is 0.409 e. The van der Waals surface area contributed by atoms with E-state index in [9.17, 15) is 9.59 Å². The molecule has 1 saturated carbocycles. The van der Waals surface area contributed by atoms with Crippen LogP contribution in [0.5, 0.6) is 0 Å². The molecule has 5 atom stereocenters. The van der Waals surface area contributed by atoms with Crippen molar-refractivity contribution in [2.75, 3.05) is 39.3 Å².